The number of hydrogen-bond donors (Lipinski definition) is 0. The van der Waals surface area contributed by atoms with Crippen LogP contribution in [0.15, 0.2) is 27.7 Å². The van der Waals surface area contributed by atoms with E-state index in [9.17, 15) is 9.59 Å². The average Bonchev–Trinajstić information content (AvgIpc) is 3.26. The lowest BCUT2D eigenvalue weighted by Gasteiger charge is -2.15. The van der Waals surface area contributed by atoms with Gasteiger partial charge in [-0.05, 0) is 25.0 Å². The molecule has 0 fully saturated rings. The molecular formula is C20H24N2O4SSi. The number of aromatic nitrogens is 2. The van der Waals surface area contributed by atoms with Crippen LogP contribution in [-0.4, -0.2) is 30.2 Å². The fourth-order valence-electron chi connectivity index (χ4n) is 3.34. The van der Waals surface area contributed by atoms with Crippen LogP contribution in [0, 0.1) is 0 Å². The molecule has 4 rings (SSSR count). The molecule has 0 aliphatic heterocycles. The standard InChI is InChI=1S/C20H24N2O4SSi/c1-28(2,3)8-7-25-12-22-11-13(10-21-22)17-9-15-14-5-4-6-16(23)18(14)26-20(24)19(15)27-17/h9-11H,4-8,12H2,1-3H3. The molecule has 0 bridgehead atoms. The topological polar surface area (TPSA) is 74.3 Å². The Hall–Kier alpha value is -2.03. The van der Waals surface area contributed by atoms with Gasteiger partial charge in [0.1, 0.15) is 11.4 Å². The van der Waals surface area contributed by atoms with Gasteiger partial charge >= 0.3 is 5.63 Å². The summed E-state index contributed by atoms with van der Waals surface area (Å²) in [5.74, 6) is 0.177. The van der Waals surface area contributed by atoms with Crippen LogP contribution in [0.3, 0.4) is 0 Å². The van der Waals surface area contributed by atoms with Crippen molar-refractivity contribution in [2.45, 2.75) is 51.7 Å². The smallest absolute Gasteiger partial charge is 0.354 e. The van der Waals surface area contributed by atoms with Crippen molar-refractivity contribution < 1.29 is 13.9 Å². The summed E-state index contributed by atoms with van der Waals surface area (Å²) >= 11 is 1.39. The van der Waals surface area contributed by atoms with Gasteiger partial charge in [0.2, 0.25) is 0 Å². The van der Waals surface area contributed by atoms with Gasteiger partial charge in [0.05, 0.1) is 6.20 Å². The summed E-state index contributed by atoms with van der Waals surface area (Å²) in [5, 5.41) is 5.22. The van der Waals surface area contributed by atoms with Crippen molar-refractivity contribution in [3.63, 3.8) is 0 Å². The number of Topliss-reactive ketones (excluding diaryl/α,β-unsaturated/α-hetero) is 1. The van der Waals surface area contributed by atoms with Crippen molar-refractivity contribution in [3.8, 4) is 10.4 Å². The third-order valence-electron chi connectivity index (χ3n) is 4.93. The second-order valence-electron chi connectivity index (χ2n) is 8.44. The summed E-state index contributed by atoms with van der Waals surface area (Å²) in [6.45, 7) is 8.14. The van der Waals surface area contributed by atoms with E-state index in [2.05, 4.69) is 24.7 Å². The number of fused-ring (bicyclic) bond motifs is 3. The van der Waals surface area contributed by atoms with Crippen molar-refractivity contribution in [1.29, 1.82) is 0 Å². The molecule has 0 spiro atoms. The summed E-state index contributed by atoms with van der Waals surface area (Å²) < 4.78 is 13.4. The first-order valence-electron chi connectivity index (χ1n) is 9.55. The minimum absolute atomic E-state index is 0.0729. The predicted molar refractivity (Wildman–Crippen MR) is 113 cm³/mol. The summed E-state index contributed by atoms with van der Waals surface area (Å²) in [6, 6.07) is 3.11. The van der Waals surface area contributed by atoms with Crippen LogP contribution >= 0.6 is 11.3 Å². The Morgan fingerprint density at radius 3 is 2.89 bits per heavy atom. The van der Waals surface area contributed by atoms with E-state index in [1.54, 1.807) is 10.9 Å². The van der Waals surface area contributed by atoms with Crippen LogP contribution in [0.4, 0.5) is 0 Å². The van der Waals surface area contributed by atoms with Crippen molar-refractivity contribution in [2.75, 3.05) is 6.61 Å². The number of carbonyl (C=O) groups excluding carboxylic acids is 1. The maximum absolute atomic E-state index is 12.4. The minimum Gasteiger partial charge on any atom is -0.418 e. The van der Waals surface area contributed by atoms with E-state index in [1.165, 1.54) is 11.3 Å². The van der Waals surface area contributed by atoms with Gasteiger partial charge in [-0.25, -0.2) is 9.48 Å². The van der Waals surface area contributed by atoms with Crippen molar-refractivity contribution >= 4 is 35.3 Å². The van der Waals surface area contributed by atoms with Crippen LogP contribution in [0.2, 0.25) is 25.7 Å². The third kappa shape index (κ3) is 3.90. The number of rotatable bonds is 6. The zero-order valence-electron chi connectivity index (χ0n) is 16.4. The van der Waals surface area contributed by atoms with Gasteiger partial charge in [-0.3, -0.25) is 4.79 Å². The van der Waals surface area contributed by atoms with E-state index in [0.29, 0.717) is 17.9 Å². The van der Waals surface area contributed by atoms with Gasteiger partial charge in [-0.15, -0.1) is 11.3 Å². The van der Waals surface area contributed by atoms with Gasteiger partial charge in [0, 0.05) is 48.7 Å². The predicted octanol–water partition coefficient (Wildman–Crippen LogP) is 4.55. The third-order valence-corrected chi connectivity index (χ3v) is 7.80. The zero-order chi connectivity index (χ0) is 19.9. The lowest BCUT2D eigenvalue weighted by atomic mass is 9.94. The summed E-state index contributed by atoms with van der Waals surface area (Å²) in [7, 11) is -1.10. The Morgan fingerprint density at radius 1 is 1.29 bits per heavy atom. The highest BCUT2D eigenvalue weighted by atomic mass is 32.1. The molecule has 148 valence electrons. The molecule has 8 heteroatoms. The molecule has 28 heavy (non-hydrogen) atoms. The summed E-state index contributed by atoms with van der Waals surface area (Å²) in [6.07, 6.45) is 5.72. The molecule has 3 aromatic heterocycles. The molecule has 0 radical (unpaired) electrons. The van der Waals surface area contributed by atoms with Gasteiger partial charge in [0.15, 0.2) is 11.5 Å². The molecular weight excluding hydrogens is 392 g/mol. The van der Waals surface area contributed by atoms with E-state index in [4.69, 9.17) is 9.15 Å². The van der Waals surface area contributed by atoms with Crippen LogP contribution in [0.25, 0.3) is 20.5 Å². The second-order valence-corrected chi connectivity index (χ2v) is 15.1. The van der Waals surface area contributed by atoms with Gasteiger partial charge in [0.25, 0.3) is 0 Å². The quantitative estimate of drug-likeness (QED) is 0.435. The first-order chi connectivity index (χ1) is 13.3. The fraction of sp³-hybridized carbons (Fsp3) is 0.450. The molecule has 6 nitrogen and oxygen atoms in total. The minimum atomic E-state index is -1.10. The van der Waals surface area contributed by atoms with E-state index < -0.39 is 13.7 Å². The highest BCUT2D eigenvalue weighted by Crippen LogP contribution is 2.36. The Morgan fingerprint density at radius 2 is 2.11 bits per heavy atom. The SMILES string of the molecule is C[Si](C)(C)CCOCn1cc(-c2cc3c4c(oc(=O)c3s2)C(=O)CCC4)cn1. The number of nitrogens with zero attached hydrogens (tertiary/aromatic N) is 2. The molecule has 1 aliphatic rings. The number of hydrogen-bond acceptors (Lipinski definition) is 6. The largest absolute Gasteiger partial charge is 0.418 e. The Kier molecular flexibility index (Phi) is 5.11. The molecule has 0 N–H and O–H groups in total. The van der Waals surface area contributed by atoms with Crippen LogP contribution < -0.4 is 5.63 Å². The number of ether oxygens (including phenoxy) is 1. The van der Waals surface area contributed by atoms with Crippen molar-refractivity contribution in [3.05, 3.63) is 40.2 Å². The zero-order valence-corrected chi connectivity index (χ0v) is 18.2. The van der Waals surface area contributed by atoms with Crippen LogP contribution in [0.1, 0.15) is 29.0 Å². The summed E-state index contributed by atoms with van der Waals surface area (Å²) in [5.41, 5.74) is 1.38. The molecule has 0 aromatic carbocycles. The molecule has 0 saturated carbocycles. The average molecular weight is 417 g/mol. The Balaban J connectivity index is 1.57. The van der Waals surface area contributed by atoms with Crippen molar-refractivity contribution in [2.24, 2.45) is 0 Å². The van der Waals surface area contributed by atoms with E-state index in [1.807, 2.05) is 12.3 Å². The highest BCUT2D eigenvalue weighted by Gasteiger charge is 2.25. The van der Waals surface area contributed by atoms with E-state index in [0.717, 1.165) is 46.9 Å². The number of carbonyl (C=O) groups is 1. The first-order valence-corrected chi connectivity index (χ1v) is 14.1. The van der Waals surface area contributed by atoms with Crippen molar-refractivity contribution in [1.82, 2.24) is 9.78 Å². The fourth-order valence-corrected chi connectivity index (χ4v) is 5.14. The molecule has 0 amide bonds. The van der Waals surface area contributed by atoms with Gasteiger partial charge in [-0.1, -0.05) is 19.6 Å². The molecule has 3 aromatic rings. The number of thiophene rings is 1. The molecule has 0 saturated heterocycles. The maximum atomic E-state index is 12.4. The lowest BCUT2D eigenvalue weighted by molar-refractivity contribution is 0.0786. The number of aryl methyl sites for hydroxylation is 1. The molecule has 1 aliphatic carbocycles. The first kappa shape index (κ1) is 19.3. The molecule has 0 atom stereocenters. The Bertz CT molecular complexity index is 1090. The normalized spacial score (nSPS) is 14.6. The van der Waals surface area contributed by atoms with Crippen LogP contribution in [0.5, 0.6) is 0 Å². The second kappa shape index (κ2) is 7.42. The molecule has 3 heterocycles. The highest BCUT2D eigenvalue weighted by molar-refractivity contribution is 7.22. The Labute approximate surface area is 168 Å². The van der Waals surface area contributed by atoms with E-state index in [-0.39, 0.29) is 11.5 Å². The molecule has 0 unspecified atom stereocenters. The monoisotopic (exact) mass is 416 g/mol. The lowest BCUT2D eigenvalue weighted by Crippen LogP contribution is -2.22. The van der Waals surface area contributed by atoms with E-state index >= 15 is 0 Å². The van der Waals surface area contributed by atoms with Crippen LogP contribution in [-0.2, 0) is 17.9 Å². The summed E-state index contributed by atoms with van der Waals surface area (Å²) in [4.78, 5) is 25.4. The van der Waals surface area contributed by atoms with Gasteiger partial charge < -0.3 is 9.15 Å². The van der Waals surface area contributed by atoms with Gasteiger partial charge in [-0.2, -0.15) is 5.10 Å². The maximum Gasteiger partial charge on any atom is 0.354 e. The number of ketones is 1.